The van der Waals surface area contributed by atoms with Gasteiger partial charge < -0.3 is 4.74 Å². The molecule has 0 spiro atoms. The van der Waals surface area contributed by atoms with Crippen LogP contribution in [0.5, 0.6) is 0 Å². The number of esters is 1. The molecule has 23 heavy (non-hydrogen) atoms. The smallest absolute Gasteiger partial charge is 0.342 e. The van der Waals surface area contributed by atoms with E-state index in [0.717, 1.165) is 11.1 Å². The van der Waals surface area contributed by atoms with Crippen LogP contribution >= 0.6 is 0 Å². The first kappa shape index (κ1) is 16.8. The Morgan fingerprint density at radius 3 is 2.13 bits per heavy atom. The highest BCUT2D eigenvalue weighted by atomic mass is 16.6. The Balaban J connectivity index is 2.31. The summed E-state index contributed by atoms with van der Waals surface area (Å²) in [5.74, 6) is -0.325. The molecule has 0 aliphatic carbocycles. The van der Waals surface area contributed by atoms with Gasteiger partial charge in [-0.15, -0.1) is 5.73 Å². The van der Waals surface area contributed by atoms with E-state index in [1.807, 2.05) is 87.5 Å². The van der Waals surface area contributed by atoms with Crippen LogP contribution < -0.4 is 0 Å². The third kappa shape index (κ3) is 5.98. The fourth-order valence-corrected chi connectivity index (χ4v) is 2.04. The molecule has 0 radical (unpaired) electrons. The van der Waals surface area contributed by atoms with Crippen molar-refractivity contribution in [2.24, 2.45) is 0 Å². The first-order valence-corrected chi connectivity index (χ1v) is 7.72. The SMILES string of the molecule is CC(C)(C)OC(=O)C(=C=Cc1ccccc1)Cc1ccccc1. The Hall–Kier alpha value is -2.57. The molecule has 0 heterocycles. The van der Waals surface area contributed by atoms with Crippen molar-refractivity contribution >= 4 is 12.0 Å². The molecule has 118 valence electrons. The monoisotopic (exact) mass is 306 g/mol. The molecule has 2 nitrogen and oxygen atoms in total. The van der Waals surface area contributed by atoms with Gasteiger partial charge in [-0.3, -0.25) is 0 Å². The summed E-state index contributed by atoms with van der Waals surface area (Å²) in [6.07, 6.45) is 2.32. The number of rotatable bonds is 4. The maximum Gasteiger partial charge on any atom is 0.342 e. The predicted molar refractivity (Wildman–Crippen MR) is 93.9 cm³/mol. The van der Waals surface area contributed by atoms with Crippen molar-refractivity contribution in [1.82, 2.24) is 0 Å². The molecule has 0 bridgehead atoms. The second-order valence-electron chi connectivity index (χ2n) is 6.34. The Bertz CT molecular complexity index is 701. The van der Waals surface area contributed by atoms with Gasteiger partial charge in [-0.05, 0) is 38.0 Å². The summed E-state index contributed by atoms with van der Waals surface area (Å²) in [5, 5.41) is 0. The van der Waals surface area contributed by atoms with Crippen molar-refractivity contribution in [3.8, 4) is 0 Å². The maximum absolute atomic E-state index is 12.4. The molecular weight excluding hydrogens is 284 g/mol. The first-order chi connectivity index (χ1) is 10.9. The van der Waals surface area contributed by atoms with Gasteiger partial charge in [-0.2, -0.15) is 0 Å². The molecule has 0 atom stereocenters. The lowest BCUT2D eigenvalue weighted by molar-refractivity contribution is -0.149. The van der Waals surface area contributed by atoms with E-state index in [-0.39, 0.29) is 5.97 Å². The molecule has 0 amide bonds. The maximum atomic E-state index is 12.4. The molecule has 0 unspecified atom stereocenters. The van der Waals surface area contributed by atoms with E-state index in [1.54, 1.807) is 0 Å². The van der Waals surface area contributed by atoms with Crippen LogP contribution in [0.1, 0.15) is 31.9 Å². The van der Waals surface area contributed by atoms with E-state index in [4.69, 9.17) is 4.74 Å². The molecular formula is C21H22O2. The largest absolute Gasteiger partial charge is 0.456 e. The van der Waals surface area contributed by atoms with Crippen molar-refractivity contribution in [3.63, 3.8) is 0 Å². The van der Waals surface area contributed by atoms with Crippen LogP contribution in [0.2, 0.25) is 0 Å². The van der Waals surface area contributed by atoms with E-state index >= 15 is 0 Å². The van der Waals surface area contributed by atoms with Gasteiger partial charge in [0.1, 0.15) is 5.60 Å². The molecule has 0 saturated heterocycles. The van der Waals surface area contributed by atoms with Gasteiger partial charge in [0.25, 0.3) is 0 Å². The van der Waals surface area contributed by atoms with Crippen LogP contribution in [0.25, 0.3) is 6.08 Å². The second-order valence-corrected chi connectivity index (χ2v) is 6.34. The summed E-state index contributed by atoms with van der Waals surface area (Å²) >= 11 is 0. The summed E-state index contributed by atoms with van der Waals surface area (Å²) < 4.78 is 5.50. The lowest BCUT2D eigenvalue weighted by atomic mass is 10.0. The molecule has 0 saturated carbocycles. The van der Waals surface area contributed by atoms with Crippen molar-refractivity contribution in [2.45, 2.75) is 32.8 Å². The van der Waals surface area contributed by atoms with Crippen molar-refractivity contribution in [3.05, 3.63) is 83.1 Å². The molecule has 0 N–H and O–H groups in total. The van der Waals surface area contributed by atoms with Gasteiger partial charge in [0.15, 0.2) is 0 Å². The quantitative estimate of drug-likeness (QED) is 0.460. The second kappa shape index (κ2) is 7.62. The molecule has 0 fully saturated rings. The lowest BCUT2D eigenvalue weighted by Crippen LogP contribution is -2.25. The molecule has 0 aliphatic heterocycles. The highest BCUT2D eigenvalue weighted by molar-refractivity contribution is 5.89. The average molecular weight is 306 g/mol. The Labute approximate surface area is 138 Å². The fourth-order valence-electron chi connectivity index (χ4n) is 2.04. The Morgan fingerprint density at radius 2 is 1.57 bits per heavy atom. The van der Waals surface area contributed by atoms with Gasteiger partial charge >= 0.3 is 5.97 Å². The summed E-state index contributed by atoms with van der Waals surface area (Å²) in [4.78, 5) is 12.4. The molecule has 2 aromatic carbocycles. The predicted octanol–water partition coefficient (Wildman–Crippen LogP) is 4.81. The van der Waals surface area contributed by atoms with E-state index in [9.17, 15) is 4.79 Å². The zero-order valence-corrected chi connectivity index (χ0v) is 13.9. The number of hydrogen-bond acceptors (Lipinski definition) is 2. The van der Waals surface area contributed by atoms with E-state index < -0.39 is 5.60 Å². The zero-order valence-electron chi connectivity index (χ0n) is 13.9. The molecule has 2 rings (SSSR count). The molecule has 2 aromatic rings. The normalized spacial score (nSPS) is 10.6. The van der Waals surface area contributed by atoms with Crippen LogP contribution in [-0.2, 0) is 16.0 Å². The third-order valence-corrected chi connectivity index (χ3v) is 3.08. The first-order valence-electron chi connectivity index (χ1n) is 7.72. The van der Waals surface area contributed by atoms with Crippen molar-refractivity contribution in [2.75, 3.05) is 0 Å². The number of carbonyl (C=O) groups excluding carboxylic acids is 1. The minimum absolute atomic E-state index is 0.325. The van der Waals surface area contributed by atoms with Gasteiger partial charge in [0.2, 0.25) is 0 Å². The molecule has 2 heteroatoms. The summed E-state index contributed by atoms with van der Waals surface area (Å²) in [5.41, 5.74) is 5.19. The number of carbonyl (C=O) groups is 1. The number of ether oxygens (including phenoxy) is 1. The minimum atomic E-state index is -0.520. The molecule has 0 aliphatic rings. The molecule has 0 aromatic heterocycles. The van der Waals surface area contributed by atoms with Crippen LogP contribution in [0.4, 0.5) is 0 Å². The van der Waals surface area contributed by atoms with Gasteiger partial charge in [0, 0.05) is 6.42 Å². The van der Waals surface area contributed by atoms with Crippen molar-refractivity contribution in [1.29, 1.82) is 0 Å². The standard InChI is InChI=1S/C21H22O2/c1-21(2,3)23-20(22)19(16-18-12-8-5-9-13-18)15-14-17-10-6-4-7-11-17/h4-14H,16H2,1-3H3. The van der Waals surface area contributed by atoms with E-state index in [2.05, 4.69) is 5.73 Å². The number of hydrogen-bond donors (Lipinski definition) is 0. The van der Waals surface area contributed by atoms with E-state index in [0.29, 0.717) is 12.0 Å². The Kier molecular flexibility index (Phi) is 5.56. The van der Waals surface area contributed by atoms with Gasteiger partial charge in [-0.1, -0.05) is 60.7 Å². The van der Waals surface area contributed by atoms with Crippen LogP contribution in [0, 0.1) is 0 Å². The fraction of sp³-hybridized carbons (Fsp3) is 0.238. The van der Waals surface area contributed by atoms with Gasteiger partial charge in [0.05, 0.1) is 5.57 Å². The van der Waals surface area contributed by atoms with E-state index in [1.165, 1.54) is 0 Å². The minimum Gasteiger partial charge on any atom is -0.456 e. The Morgan fingerprint density at radius 1 is 1.00 bits per heavy atom. The van der Waals surface area contributed by atoms with Crippen LogP contribution in [0.3, 0.4) is 0 Å². The highest BCUT2D eigenvalue weighted by Gasteiger charge is 2.19. The highest BCUT2D eigenvalue weighted by Crippen LogP contribution is 2.15. The summed E-state index contributed by atoms with van der Waals surface area (Å²) in [7, 11) is 0. The zero-order chi connectivity index (χ0) is 16.7. The van der Waals surface area contributed by atoms with Crippen LogP contribution in [0.15, 0.2) is 72.0 Å². The average Bonchev–Trinajstić information content (AvgIpc) is 2.51. The van der Waals surface area contributed by atoms with Gasteiger partial charge in [-0.25, -0.2) is 4.79 Å². The topological polar surface area (TPSA) is 26.3 Å². The van der Waals surface area contributed by atoms with Crippen LogP contribution in [-0.4, -0.2) is 11.6 Å². The third-order valence-electron chi connectivity index (χ3n) is 3.08. The summed E-state index contributed by atoms with van der Waals surface area (Å²) in [6.45, 7) is 5.60. The lowest BCUT2D eigenvalue weighted by Gasteiger charge is -2.20. The summed E-state index contributed by atoms with van der Waals surface area (Å²) in [6, 6.07) is 19.7. The van der Waals surface area contributed by atoms with Crippen molar-refractivity contribution < 1.29 is 9.53 Å². The number of benzene rings is 2.